The molecular formula is C19H18IN3O3S. The third-order valence-electron chi connectivity index (χ3n) is 3.95. The maximum atomic E-state index is 12.6. The van der Waals surface area contributed by atoms with E-state index in [9.17, 15) is 9.59 Å². The highest BCUT2D eigenvalue weighted by Crippen LogP contribution is 2.30. The number of hydrogen-bond donors (Lipinski definition) is 1. The smallest absolute Gasteiger partial charge is 0.238 e. The predicted molar refractivity (Wildman–Crippen MR) is 117 cm³/mol. The van der Waals surface area contributed by atoms with Crippen LogP contribution in [0.1, 0.15) is 6.42 Å². The number of ether oxygens (including phenoxy) is 1. The summed E-state index contributed by atoms with van der Waals surface area (Å²) in [5.74, 6) is 0.332. The molecule has 140 valence electrons. The quantitative estimate of drug-likeness (QED) is 0.654. The van der Waals surface area contributed by atoms with E-state index in [1.165, 1.54) is 16.7 Å². The van der Waals surface area contributed by atoms with Gasteiger partial charge in [-0.05, 0) is 59.0 Å². The van der Waals surface area contributed by atoms with Crippen molar-refractivity contribution in [2.24, 2.45) is 4.99 Å². The van der Waals surface area contributed by atoms with Crippen molar-refractivity contribution < 1.29 is 14.3 Å². The van der Waals surface area contributed by atoms with E-state index in [2.05, 4.69) is 32.9 Å². The Morgan fingerprint density at radius 1 is 1.30 bits per heavy atom. The van der Waals surface area contributed by atoms with Gasteiger partial charge in [-0.1, -0.05) is 17.8 Å². The van der Waals surface area contributed by atoms with E-state index in [1.54, 1.807) is 20.2 Å². The van der Waals surface area contributed by atoms with E-state index < -0.39 is 5.25 Å². The first-order chi connectivity index (χ1) is 13.0. The molecule has 0 radical (unpaired) electrons. The zero-order valence-corrected chi connectivity index (χ0v) is 17.8. The number of nitrogens with one attached hydrogen (secondary N) is 1. The van der Waals surface area contributed by atoms with Crippen LogP contribution in [0, 0.1) is 3.57 Å². The molecule has 1 aliphatic heterocycles. The number of nitrogens with zero attached hydrogens (tertiary/aromatic N) is 2. The van der Waals surface area contributed by atoms with Gasteiger partial charge >= 0.3 is 0 Å². The third kappa shape index (κ3) is 5.01. The molecule has 6 nitrogen and oxygen atoms in total. The van der Waals surface area contributed by atoms with Gasteiger partial charge in [0.1, 0.15) is 11.0 Å². The first-order valence-electron chi connectivity index (χ1n) is 8.18. The van der Waals surface area contributed by atoms with Gasteiger partial charge in [0.15, 0.2) is 5.17 Å². The summed E-state index contributed by atoms with van der Waals surface area (Å²) in [6.07, 6.45) is 0.133. The summed E-state index contributed by atoms with van der Waals surface area (Å²) >= 11 is 3.49. The van der Waals surface area contributed by atoms with Crippen LogP contribution in [0.4, 0.5) is 11.4 Å². The number of methoxy groups -OCH3 is 1. The maximum Gasteiger partial charge on any atom is 0.238 e. The zero-order valence-electron chi connectivity index (χ0n) is 14.8. The molecule has 1 fully saturated rings. The number of aliphatic imine (C=N–C) groups is 1. The predicted octanol–water partition coefficient (Wildman–Crippen LogP) is 3.89. The lowest BCUT2D eigenvalue weighted by Crippen LogP contribution is -2.43. The minimum Gasteiger partial charge on any atom is -0.497 e. The summed E-state index contributed by atoms with van der Waals surface area (Å²) in [6.45, 7) is 0. The Hall–Kier alpha value is -2.07. The lowest BCUT2D eigenvalue weighted by molar-refractivity contribution is -0.128. The largest absolute Gasteiger partial charge is 0.497 e. The fourth-order valence-electron chi connectivity index (χ4n) is 2.44. The molecule has 0 spiro atoms. The van der Waals surface area contributed by atoms with Crippen molar-refractivity contribution >= 4 is 62.7 Å². The number of anilines is 1. The molecule has 0 aromatic heterocycles. The molecular weight excluding hydrogens is 477 g/mol. The second-order valence-electron chi connectivity index (χ2n) is 5.86. The average molecular weight is 495 g/mol. The molecule has 1 heterocycles. The van der Waals surface area contributed by atoms with E-state index >= 15 is 0 Å². The maximum absolute atomic E-state index is 12.6. The van der Waals surface area contributed by atoms with Crippen molar-refractivity contribution in [3.8, 4) is 5.75 Å². The highest BCUT2D eigenvalue weighted by atomic mass is 127. The molecule has 8 heteroatoms. The Labute approximate surface area is 175 Å². The highest BCUT2D eigenvalue weighted by Gasteiger charge is 2.34. The van der Waals surface area contributed by atoms with E-state index in [0.717, 1.165) is 3.57 Å². The molecule has 0 bridgehead atoms. The average Bonchev–Trinajstić information content (AvgIpc) is 2.67. The van der Waals surface area contributed by atoms with Crippen molar-refractivity contribution in [2.75, 3.05) is 19.5 Å². The van der Waals surface area contributed by atoms with Crippen molar-refractivity contribution in [1.29, 1.82) is 0 Å². The van der Waals surface area contributed by atoms with Crippen LogP contribution in [0.15, 0.2) is 53.5 Å². The third-order valence-corrected chi connectivity index (χ3v) is 5.91. The Morgan fingerprint density at radius 2 is 2.04 bits per heavy atom. The van der Waals surface area contributed by atoms with Gasteiger partial charge < -0.3 is 10.1 Å². The number of carbonyl (C=O) groups excluding carboxylic acids is 2. The number of halogens is 1. The van der Waals surface area contributed by atoms with E-state index in [0.29, 0.717) is 22.3 Å². The van der Waals surface area contributed by atoms with Crippen LogP contribution < -0.4 is 10.1 Å². The Kier molecular flexibility index (Phi) is 6.38. The molecule has 2 aromatic rings. The molecule has 1 aliphatic rings. The summed E-state index contributed by atoms with van der Waals surface area (Å²) in [6, 6.07) is 14.8. The van der Waals surface area contributed by atoms with E-state index in [1.807, 2.05) is 42.5 Å². The molecule has 3 rings (SSSR count). The summed E-state index contributed by atoms with van der Waals surface area (Å²) in [5, 5.41) is 2.83. The van der Waals surface area contributed by atoms with Crippen molar-refractivity contribution in [1.82, 2.24) is 4.90 Å². The minimum absolute atomic E-state index is 0.133. The van der Waals surface area contributed by atoms with Crippen LogP contribution in [0.5, 0.6) is 5.75 Å². The van der Waals surface area contributed by atoms with Gasteiger partial charge in [0.25, 0.3) is 0 Å². The van der Waals surface area contributed by atoms with Crippen LogP contribution in [0.3, 0.4) is 0 Å². The number of thioether (sulfide) groups is 1. The number of hydrogen-bond acceptors (Lipinski definition) is 5. The molecule has 27 heavy (non-hydrogen) atoms. The van der Waals surface area contributed by atoms with Crippen molar-refractivity contribution in [2.45, 2.75) is 11.7 Å². The number of amidine groups is 1. The lowest BCUT2D eigenvalue weighted by Gasteiger charge is -2.28. The van der Waals surface area contributed by atoms with Crippen molar-refractivity contribution in [3.63, 3.8) is 0 Å². The molecule has 1 saturated heterocycles. The summed E-state index contributed by atoms with van der Waals surface area (Å²) in [5.41, 5.74) is 1.37. The topological polar surface area (TPSA) is 71.0 Å². The van der Waals surface area contributed by atoms with Gasteiger partial charge in [-0.2, -0.15) is 0 Å². The van der Waals surface area contributed by atoms with Gasteiger partial charge in [-0.3, -0.25) is 14.5 Å². The first-order valence-corrected chi connectivity index (χ1v) is 10.1. The Morgan fingerprint density at radius 3 is 2.74 bits per heavy atom. The highest BCUT2D eigenvalue weighted by molar-refractivity contribution is 14.1. The van der Waals surface area contributed by atoms with E-state index in [-0.39, 0.29) is 18.2 Å². The van der Waals surface area contributed by atoms with Crippen LogP contribution in [-0.4, -0.2) is 41.3 Å². The number of benzene rings is 2. The Balaban J connectivity index is 1.77. The lowest BCUT2D eigenvalue weighted by atomic mass is 10.2. The van der Waals surface area contributed by atoms with Gasteiger partial charge in [0, 0.05) is 28.8 Å². The summed E-state index contributed by atoms with van der Waals surface area (Å²) in [4.78, 5) is 31.0. The van der Waals surface area contributed by atoms with Crippen molar-refractivity contribution in [3.05, 3.63) is 52.1 Å². The van der Waals surface area contributed by atoms with Crippen LogP contribution >= 0.6 is 34.4 Å². The van der Waals surface area contributed by atoms with Gasteiger partial charge in [-0.25, -0.2) is 4.99 Å². The fraction of sp³-hybridized carbons (Fsp3) is 0.211. The van der Waals surface area contributed by atoms with E-state index in [4.69, 9.17) is 4.74 Å². The standard InChI is InChI=1S/C19H18IN3O3S/c1-23-17(24)11-16(18(25)21-13-8-6-12(20)7-9-13)27-19(23)22-14-4-3-5-15(10-14)26-2/h3-10,16H,11H2,1-2H3,(H,21,25)/t16-/m0/s1. The van der Waals surface area contributed by atoms with Gasteiger partial charge in [0.2, 0.25) is 11.8 Å². The molecule has 0 unspecified atom stereocenters. The summed E-state index contributed by atoms with van der Waals surface area (Å²) in [7, 11) is 3.25. The molecule has 2 aromatic carbocycles. The first kappa shape index (κ1) is 19.7. The van der Waals surface area contributed by atoms with Crippen LogP contribution in [0.25, 0.3) is 0 Å². The fourth-order valence-corrected chi connectivity index (χ4v) is 3.87. The Bertz CT molecular complexity index is 886. The molecule has 1 N–H and O–H groups in total. The molecule has 0 aliphatic carbocycles. The number of carbonyl (C=O) groups is 2. The number of rotatable bonds is 4. The SMILES string of the molecule is COc1cccc(N=C2S[C@H](C(=O)Nc3ccc(I)cc3)CC(=O)N2C)c1. The van der Waals surface area contributed by atoms with Crippen LogP contribution in [0.2, 0.25) is 0 Å². The molecule has 2 amide bonds. The van der Waals surface area contributed by atoms with Gasteiger partial charge in [-0.15, -0.1) is 0 Å². The zero-order chi connectivity index (χ0) is 19.4. The summed E-state index contributed by atoms with van der Waals surface area (Å²) < 4.78 is 6.29. The van der Waals surface area contributed by atoms with Crippen LogP contribution in [-0.2, 0) is 9.59 Å². The minimum atomic E-state index is -0.530. The second kappa shape index (κ2) is 8.75. The molecule has 0 saturated carbocycles. The number of amides is 2. The van der Waals surface area contributed by atoms with Gasteiger partial charge in [0.05, 0.1) is 12.8 Å². The second-order valence-corrected chi connectivity index (χ2v) is 8.27. The molecule has 1 atom stereocenters. The monoisotopic (exact) mass is 495 g/mol. The normalized spacial score (nSPS) is 18.5.